The lowest BCUT2D eigenvalue weighted by Gasteiger charge is -2.45. The van der Waals surface area contributed by atoms with Crippen molar-refractivity contribution in [2.45, 2.75) is 25.9 Å². The van der Waals surface area contributed by atoms with Crippen molar-refractivity contribution in [3.05, 3.63) is 0 Å². The van der Waals surface area contributed by atoms with E-state index in [1.54, 1.807) is 6.92 Å². The van der Waals surface area contributed by atoms with E-state index in [4.69, 9.17) is 5.11 Å². The summed E-state index contributed by atoms with van der Waals surface area (Å²) in [5, 5.41) is 12.3. The molecule has 0 saturated carbocycles. The molecule has 2 rings (SSSR count). The predicted molar refractivity (Wildman–Crippen MR) is 66.1 cm³/mol. The van der Waals surface area contributed by atoms with Gasteiger partial charge in [-0.25, -0.2) is 0 Å². The molecule has 2 aliphatic rings. The zero-order chi connectivity index (χ0) is 12.4. The number of rotatable bonds is 4. The Bertz CT molecular complexity index is 273. The first kappa shape index (κ1) is 12.8. The fourth-order valence-electron chi connectivity index (χ4n) is 2.56. The second kappa shape index (κ2) is 5.33. The molecule has 0 aliphatic carbocycles. The van der Waals surface area contributed by atoms with Gasteiger partial charge in [0.15, 0.2) is 0 Å². The summed E-state index contributed by atoms with van der Waals surface area (Å²) in [7, 11) is 0. The molecule has 0 radical (unpaired) electrons. The van der Waals surface area contributed by atoms with E-state index in [0.717, 1.165) is 39.3 Å². The zero-order valence-electron chi connectivity index (χ0n) is 10.7. The van der Waals surface area contributed by atoms with Gasteiger partial charge < -0.3 is 10.4 Å². The Kier molecular flexibility index (Phi) is 4.01. The minimum Gasteiger partial charge on any atom is -0.481 e. The minimum atomic E-state index is -0.692. The summed E-state index contributed by atoms with van der Waals surface area (Å²) < 4.78 is 0. The number of piperazine rings is 1. The van der Waals surface area contributed by atoms with Crippen molar-refractivity contribution in [2.75, 3.05) is 39.3 Å². The molecule has 0 bridgehead atoms. The molecule has 5 nitrogen and oxygen atoms in total. The molecule has 0 aromatic carbocycles. The number of hydrogen-bond donors (Lipinski definition) is 2. The lowest BCUT2D eigenvalue weighted by Crippen LogP contribution is -2.62. The van der Waals surface area contributed by atoms with E-state index in [0.29, 0.717) is 6.04 Å². The van der Waals surface area contributed by atoms with Gasteiger partial charge in [0, 0.05) is 51.4 Å². The first-order valence-corrected chi connectivity index (χ1v) is 6.51. The highest BCUT2D eigenvalue weighted by atomic mass is 16.4. The van der Waals surface area contributed by atoms with Crippen LogP contribution in [0, 0.1) is 5.92 Å². The average molecular weight is 241 g/mol. The smallest absolute Gasteiger partial charge is 0.307 e. The fraction of sp³-hybridized carbons (Fsp3) is 0.917. The minimum absolute atomic E-state index is 0.133. The van der Waals surface area contributed by atoms with Crippen LogP contribution in [0.2, 0.25) is 0 Å². The number of aliphatic carboxylic acids is 1. The quantitative estimate of drug-likeness (QED) is 0.707. The lowest BCUT2D eigenvalue weighted by molar-refractivity contribution is -0.143. The van der Waals surface area contributed by atoms with Crippen LogP contribution in [0.25, 0.3) is 0 Å². The van der Waals surface area contributed by atoms with Crippen molar-refractivity contribution in [2.24, 2.45) is 5.92 Å². The highest BCUT2D eigenvalue weighted by Crippen LogP contribution is 2.16. The number of carboxylic acids is 1. The van der Waals surface area contributed by atoms with Crippen molar-refractivity contribution in [1.29, 1.82) is 0 Å². The summed E-state index contributed by atoms with van der Waals surface area (Å²) in [4.78, 5) is 15.8. The first-order chi connectivity index (χ1) is 8.09. The maximum atomic E-state index is 11.0. The summed E-state index contributed by atoms with van der Waals surface area (Å²) in [5.41, 5.74) is 0. The van der Waals surface area contributed by atoms with Gasteiger partial charge in [-0.3, -0.25) is 14.6 Å². The molecule has 98 valence electrons. The standard InChI is InChI=1S/C12H23N3O2/c1-9(12(16)17)10(2)14-3-5-15(6-4-14)11-7-13-8-11/h9-11,13H,3-8H2,1-2H3,(H,16,17). The van der Waals surface area contributed by atoms with Gasteiger partial charge in [-0.1, -0.05) is 6.92 Å². The fourth-order valence-corrected chi connectivity index (χ4v) is 2.56. The Hall–Kier alpha value is -0.650. The topological polar surface area (TPSA) is 55.8 Å². The van der Waals surface area contributed by atoms with Crippen molar-refractivity contribution < 1.29 is 9.90 Å². The van der Waals surface area contributed by atoms with Gasteiger partial charge in [0.2, 0.25) is 0 Å². The van der Waals surface area contributed by atoms with Gasteiger partial charge in [-0.05, 0) is 6.92 Å². The lowest BCUT2D eigenvalue weighted by atomic mass is 10.0. The third-order valence-electron chi connectivity index (χ3n) is 4.31. The van der Waals surface area contributed by atoms with E-state index < -0.39 is 5.97 Å². The van der Waals surface area contributed by atoms with Crippen molar-refractivity contribution >= 4 is 5.97 Å². The molecule has 5 heteroatoms. The molecular weight excluding hydrogens is 218 g/mol. The molecule has 2 unspecified atom stereocenters. The molecule has 0 spiro atoms. The molecule has 2 saturated heterocycles. The van der Waals surface area contributed by atoms with Crippen LogP contribution in [-0.2, 0) is 4.79 Å². The van der Waals surface area contributed by atoms with Crippen molar-refractivity contribution in [3.63, 3.8) is 0 Å². The Labute approximate surface area is 103 Å². The monoisotopic (exact) mass is 241 g/mol. The average Bonchev–Trinajstić information content (AvgIpc) is 2.25. The molecule has 0 aromatic heterocycles. The van der Waals surface area contributed by atoms with Crippen LogP contribution in [0.4, 0.5) is 0 Å². The summed E-state index contributed by atoms with van der Waals surface area (Å²) in [5.74, 6) is -0.977. The summed E-state index contributed by atoms with van der Waals surface area (Å²) in [6.45, 7) is 10.2. The van der Waals surface area contributed by atoms with E-state index in [-0.39, 0.29) is 12.0 Å². The predicted octanol–water partition coefficient (Wildman–Crippen LogP) is -0.315. The maximum absolute atomic E-state index is 11.0. The second-order valence-electron chi connectivity index (χ2n) is 5.25. The summed E-state index contributed by atoms with van der Waals surface area (Å²) in [6.07, 6.45) is 0. The maximum Gasteiger partial charge on any atom is 0.307 e. The van der Waals surface area contributed by atoms with E-state index in [1.807, 2.05) is 6.92 Å². The largest absolute Gasteiger partial charge is 0.481 e. The van der Waals surface area contributed by atoms with Gasteiger partial charge in [-0.15, -0.1) is 0 Å². The Morgan fingerprint density at radius 3 is 2.24 bits per heavy atom. The van der Waals surface area contributed by atoms with Crippen molar-refractivity contribution in [3.8, 4) is 0 Å². The van der Waals surface area contributed by atoms with Gasteiger partial charge in [0.05, 0.1) is 5.92 Å². The van der Waals surface area contributed by atoms with Crippen LogP contribution < -0.4 is 5.32 Å². The zero-order valence-corrected chi connectivity index (χ0v) is 10.7. The number of hydrogen-bond acceptors (Lipinski definition) is 4. The molecule has 2 N–H and O–H groups in total. The number of nitrogens with zero attached hydrogens (tertiary/aromatic N) is 2. The summed E-state index contributed by atoms with van der Waals surface area (Å²) in [6, 6.07) is 0.846. The Morgan fingerprint density at radius 2 is 1.82 bits per heavy atom. The molecule has 2 atom stereocenters. The van der Waals surface area contributed by atoms with Crippen molar-refractivity contribution in [1.82, 2.24) is 15.1 Å². The molecule has 0 amide bonds. The van der Waals surface area contributed by atoms with E-state index in [1.165, 1.54) is 0 Å². The number of carbonyl (C=O) groups is 1. The van der Waals surface area contributed by atoms with Crippen LogP contribution in [-0.4, -0.2) is 72.2 Å². The highest BCUT2D eigenvalue weighted by molar-refractivity contribution is 5.70. The van der Waals surface area contributed by atoms with Crippen LogP contribution in [0.1, 0.15) is 13.8 Å². The Balaban J connectivity index is 1.79. The molecular formula is C12H23N3O2. The van der Waals surface area contributed by atoms with E-state index in [2.05, 4.69) is 15.1 Å². The molecule has 0 aromatic rings. The Morgan fingerprint density at radius 1 is 1.24 bits per heavy atom. The van der Waals surface area contributed by atoms with Gasteiger partial charge in [-0.2, -0.15) is 0 Å². The summed E-state index contributed by atoms with van der Waals surface area (Å²) >= 11 is 0. The third-order valence-corrected chi connectivity index (χ3v) is 4.31. The molecule has 2 aliphatic heterocycles. The highest BCUT2D eigenvalue weighted by Gasteiger charge is 2.31. The second-order valence-corrected chi connectivity index (χ2v) is 5.25. The van der Waals surface area contributed by atoms with Crippen LogP contribution in [0.5, 0.6) is 0 Å². The van der Waals surface area contributed by atoms with Crippen LogP contribution >= 0.6 is 0 Å². The van der Waals surface area contributed by atoms with Gasteiger partial charge in [0.1, 0.15) is 0 Å². The first-order valence-electron chi connectivity index (χ1n) is 6.51. The molecule has 17 heavy (non-hydrogen) atoms. The normalized spacial score (nSPS) is 27.4. The molecule has 2 heterocycles. The van der Waals surface area contributed by atoms with Crippen LogP contribution in [0.3, 0.4) is 0 Å². The number of nitrogens with one attached hydrogen (secondary N) is 1. The van der Waals surface area contributed by atoms with Gasteiger partial charge in [0.25, 0.3) is 0 Å². The SMILES string of the molecule is CC(C(=O)O)C(C)N1CCN(C2CNC2)CC1. The van der Waals surface area contributed by atoms with E-state index in [9.17, 15) is 4.79 Å². The van der Waals surface area contributed by atoms with Crippen LogP contribution in [0.15, 0.2) is 0 Å². The molecule has 2 fully saturated rings. The number of carboxylic acid groups (broad SMARTS) is 1. The van der Waals surface area contributed by atoms with Gasteiger partial charge >= 0.3 is 5.97 Å². The van der Waals surface area contributed by atoms with E-state index >= 15 is 0 Å². The third kappa shape index (κ3) is 2.78.